The van der Waals surface area contributed by atoms with Gasteiger partial charge in [0.1, 0.15) is 0 Å². The van der Waals surface area contributed by atoms with Crippen molar-refractivity contribution in [2.75, 3.05) is 37.6 Å². The number of benzene rings is 2. The van der Waals surface area contributed by atoms with Crippen molar-refractivity contribution in [3.63, 3.8) is 0 Å². The fourth-order valence-electron chi connectivity index (χ4n) is 3.33. The Morgan fingerprint density at radius 2 is 1.71 bits per heavy atom. The Morgan fingerprint density at radius 1 is 1.04 bits per heavy atom. The maximum absolute atomic E-state index is 12.0. The average Bonchev–Trinajstić information content (AvgIpc) is 2.73. The number of nitrogens with zero attached hydrogens (tertiary/aromatic N) is 3. The minimum Gasteiger partial charge on any atom is -0.369 e. The molecule has 0 spiro atoms. The molecule has 1 N–H and O–H groups in total. The first-order chi connectivity index (χ1) is 13.6. The van der Waals surface area contributed by atoms with E-state index in [2.05, 4.69) is 70.6 Å². The quantitative estimate of drug-likeness (QED) is 0.593. The lowest BCUT2D eigenvalue weighted by molar-refractivity contribution is -0.121. The molecule has 0 aliphatic carbocycles. The van der Waals surface area contributed by atoms with E-state index in [-0.39, 0.29) is 5.91 Å². The molecule has 2 aromatic rings. The van der Waals surface area contributed by atoms with Crippen LogP contribution in [0, 0.1) is 0 Å². The van der Waals surface area contributed by atoms with E-state index in [1.165, 1.54) is 11.3 Å². The van der Waals surface area contributed by atoms with E-state index in [1.54, 1.807) is 6.21 Å². The van der Waals surface area contributed by atoms with Gasteiger partial charge in [-0.2, -0.15) is 5.10 Å². The number of anilines is 1. The summed E-state index contributed by atoms with van der Waals surface area (Å²) in [5.41, 5.74) is 6.20. The first-order valence-electron chi connectivity index (χ1n) is 10.1. The number of carbonyl (C=O) groups is 1. The first-order valence-corrected chi connectivity index (χ1v) is 10.1. The van der Waals surface area contributed by atoms with E-state index in [0.717, 1.165) is 38.3 Å². The highest BCUT2D eigenvalue weighted by molar-refractivity contribution is 5.82. The molecule has 0 aromatic heterocycles. The Hall–Kier alpha value is -2.66. The van der Waals surface area contributed by atoms with Crippen molar-refractivity contribution in [3.05, 3.63) is 65.7 Å². The van der Waals surface area contributed by atoms with Gasteiger partial charge in [0.25, 0.3) is 0 Å². The smallest absolute Gasteiger partial charge is 0.241 e. The second kappa shape index (κ2) is 10.0. The number of nitrogens with one attached hydrogen (secondary N) is 1. The van der Waals surface area contributed by atoms with E-state index in [0.29, 0.717) is 12.3 Å². The van der Waals surface area contributed by atoms with Crippen LogP contribution in [0.2, 0.25) is 0 Å². The van der Waals surface area contributed by atoms with E-state index in [9.17, 15) is 4.79 Å². The number of hydrogen-bond acceptors (Lipinski definition) is 4. The summed E-state index contributed by atoms with van der Waals surface area (Å²) in [6, 6.07) is 18.7. The molecule has 1 fully saturated rings. The van der Waals surface area contributed by atoms with Gasteiger partial charge in [-0.1, -0.05) is 56.3 Å². The van der Waals surface area contributed by atoms with Gasteiger partial charge in [-0.15, -0.1) is 0 Å². The van der Waals surface area contributed by atoms with Crippen LogP contribution in [0.1, 0.15) is 37.3 Å². The van der Waals surface area contributed by atoms with Crippen LogP contribution < -0.4 is 10.3 Å². The lowest BCUT2D eigenvalue weighted by Gasteiger charge is -2.36. The van der Waals surface area contributed by atoms with Crippen LogP contribution >= 0.6 is 0 Å². The second-order valence-corrected chi connectivity index (χ2v) is 7.53. The summed E-state index contributed by atoms with van der Waals surface area (Å²) in [7, 11) is 0. The predicted molar refractivity (Wildman–Crippen MR) is 116 cm³/mol. The van der Waals surface area contributed by atoms with Crippen LogP contribution in [0.5, 0.6) is 0 Å². The normalized spacial score (nSPS) is 15.3. The van der Waals surface area contributed by atoms with Crippen molar-refractivity contribution >= 4 is 17.8 Å². The van der Waals surface area contributed by atoms with Crippen LogP contribution in [0.3, 0.4) is 0 Å². The van der Waals surface area contributed by atoms with Gasteiger partial charge in [0.2, 0.25) is 5.91 Å². The van der Waals surface area contributed by atoms with Gasteiger partial charge in [0, 0.05) is 44.8 Å². The van der Waals surface area contributed by atoms with Crippen LogP contribution in [0.4, 0.5) is 5.69 Å². The Kier molecular flexibility index (Phi) is 7.20. The van der Waals surface area contributed by atoms with E-state index in [4.69, 9.17) is 0 Å². The third kappa shape index (κ3) is 5.92. The standard InChI is InChI=1S/C23H30N4O/c1-19(2)21-10-8-20(9-11-21)18-24-25-23(28)12-13-26-14-16-27(17-15-26)22-6-4-3-5-7-22/h3-11,18-19H,12-17H2,1-2H3,(H,25,28). The van der Waals surface area contributed by atoms with Crippen molar-refractivity contribution in [1.29, 1.82) is 0 Å². The van der Waals surface area contributed by atoms with Gasteiger partial charge in [-0.3, -0.25) is 9.69 Å². The van der Waals surface area contributed by atoms with Crippen molar-refractivity contribution < 1.29 is 4.79 Å². The molecule has 0 unspecified atom stereocenters. The summed E-state index contributed by atoms with van der Waals surface area (Å²) in [5, 5.41) is 4.08. The maximum atomic E-state index is 12.0. The van der Waals surface area contributed by atoms with Crippen LogP contribution in [-0.4, -0.2) is 49.7 Å². The Balaban J connectivity index is 1.35. The zero-order valence-corrected chi connectivity index (χ0v) is 16.8. The lowest BCUT2D eigenvalue weighted by atomic mass is 10.0. The summed E-state index contributed by atoms with van der Waals surface area (Å²) >= 11 is 0. The molecule has 1 aliphatic heterocycles. The molecule has 1 saturated heterocycles. The monoisotopic (exact) mass is 378 g/mol. The fourth-order valence-corrected chi connectivity index (χ4v) is 3.33. The second-order valence-electron chi connectivity index (χ2n) is 7.53. The highest BCUT2D eigenvalue weighted by atomic mass is 16.2. The van der Waals surface area contributed by atoms with Gasteiger partial charge in [0.05, 0.1) is 6.21 Å². The number of carbonyl (C=O) groups excluding carboxylic acids is 1. The van der Waals surface area contributed by atoms with E-state index in [1.807, 2.05) is 18.2 Å². The lowest BCUT2D eigenvalue weighted by Crippen LogP contribution is -2.47. The fraction of sp³-hybridized carbons (Fsp3) is 0.391. The molecule has 1 heterocycles. The third-order valence-corrected chi connectivity index (χ3v) is 5.15. The minimum absolute atomic E-state index is 0.0412. The molecular weight excluding hydrogens is 348 g/mol. The average molecular weight is 379 g/mol. The zero-order chi connectivity index (χ0) is 19.8. The first kappa shape index (κ1) is 20.1. The molecule has 0 atom stereocenters. The van der Waals surface area contributed by atoms with Crippen molar-refractivity contribution in [2.45, 2.75) is 26.2 Å². The molecule has 28 heavy (non-hydrogen) atoms. The summed E-state index contributed by atoms with van der Waals surface area (Å²) in [4.78, 5) is 16.8. The molecule has 2 aromatic carbocycles. The molecule has 3 rings (SSSR count). The predicted octanol–water partition coefficient (Wildman–Crippen LogP) is 3.47. The Labute approximate surface area is 168 Å². The van der Waals surface area contributed by atoms with Crippen molar-refractivity contribution in [3.8, 4) is 0 Å². The number of rotatable bonds is 7. The molecule has 0 radical (unpaired) electrons. The Morgan fingerprint density at radius 3 is 2.36 bits per heavy atom. The van der Waals surface area contributed by atoms with Gasteiger partial charge < -0.3 is 4.90 Å². The molecule has 5 nitrogen and oxygen atoms in total. The molecule has 1 aliphatic rings. The summed E-state index contributed by atoms with van der Waals surface area (Å²) in [6.07, 6.45) is 2.16. The van der Waals surface area contributed by atoms with Crippen LogP contribution in [0.25, 0.3) is 0 Å². The van der Waals surface area contributed by atoms with Crippen molar-refractivity contribution in [1.82, 2.24) is 10.3 Å². The number of hydrogen-bond donors (Lipinski definition) is 1. The Bertz CT molecular complexity index is 763. The number of piperazine rings is 1. The topological polar surface area (TPSA) is 47.9 Å². The molecule has 1 amide bonds. The van der Waals surface area contributed by atoms with E-state index < -0.39 is 0 Å². The summed E-state index contributed by atoms with van der Waals surface area (Å²) in [6.45, 7) is 9.07. The summed E-state index contributed by atoms with van der Waals surface area (Å²) in [5.74, 6) is 0.473. The van der Waals surface area contributed by atoms with Gasteiger partial charge in [-0.25, -0.2) is 5.43 Å². The minimum atomic E-state index is -0.0412. The highest BCUT2D eigenvalue weighted by Crippen LogP contribution is 2.16. The SMILES string of the molecule is CC(C)c1ccc(C=NNC(=O)CCN2CCN(c3ccccc3)CC2)cc1. The molecule has 0 saturated carbocycles. The molecule has 0 bridgehead atoms. The van der Waals surface area contributed by atoms with Gasteiger partial charge >= 0.3 is 0 Å². The van der Waals surface area contributed by atoms with E-state index >= 15 is 0 Å². The van der Waals surface area contributed by atoms with Gasteiger partial charge in [-0.05, 0) is 29.2 Å². The largest absolute Gasteiger partial charge is 0.369 e. The van der Waals surface area contributed by atoms with Crippen LogP contribution in [-0.2, 0) is 4.79 Å². The van der Waals surface area contributed by atoms with Gasteiger partial charge in [0.15, 0.2) is 0 Å². The highest BCUT2D eigenvalue weighted by Gasteiger charge is 2.17. The molecular formula is C23H30N4O. The molecule has 148 valence electrons. The number of amides is 1. The number of para-hydroxylation sites is 1. The number of hydrazone groups is 1. The molecule has 5 heteroatoms. The third-order valence-electron chi connectivity index (χ3n) is 5.15. The zero-order valence-electron chi connectivity index (χ0n) is 16.8. The van der Waals surface area contributed by atoms with Crippen LogP contribution in [0.15, 0.2) is 59.7 Å². The summed E-state index contributed by atoms with van der Waals surface area (Å²) < 4.78 is 0. The van der Waals surface area contributed by atoms with Crippen molar-refractivity contribution in [2.24, 2.45) is 5.10 Å². The maximum Gasteiger partial charge on any atom is 0.241 e.